The van der Waals surface area contributed by atoms with E-state index >= 15 is 0 Å². The minimum absolute atomic E-state index is 0.00162. The molecule has 1 aromatic rings. The van der Waals surface area contributed by atoms with Crippen LogP contribution in [0.5, 0.6) is 0 Å². The number of rotatable bonds is 2. The second-order valence-electron chi connectivity index (χ2n) is 3.11. The number of alkyl halides is 3. The molecule has 1 amide bonds. The first-order valence-electron chi connectivity index (χ1n) is 6.39. The van der Waals surface area contributed by atoms with E-state index in [4.69, 9.17) is 5.73 Å². The third-order valence-corrected chi connectivity index (χ3v) is 1.82. The van der Waals surface area contributed by atoms with Gasteiger partial charge in [0.15, 0.2) is 0 Å². The molecule has 0 saturated heterocycles. The van der Waals surface area contributed by atoms with Crippen molar-refractivity contribution in [3.05, 3.63) is 23.4 Å². The van der Waals surface area contributed by atoms with Gasteiger partial charge >= 0.3 is 6.18 Å². The second-order valence-corrected chi connectivity index (χ2v) is 3.11. The third-order valence-electron chi connectivity index (χ3n) is 1.82. The van der Waals surface area contributed by atoms with Crippen LogP contribution in [0.25, 0.3) is 0 Å². The zero-order chi connectivity index (χ0) is 16.3. The Morgan fingerprint density at radius 2 is 1.75 bits per heavy atom. The summed E-state index contributed by atoms with van der Waals surface area (Å²) in [7, 11) is 0. The van der Waals surface area contributed by atoms with Crippen molar-refractivity contribution in [1.82, 2.24) is 4.98 Å². The Morgan fingerprint density at radius 3 is 2.15 bits per heavy atom. The van der Waals surface area contributed by atoms with Crippen molar-refractivity contribution in [2.24, 2.45) is 5.73 Å². The van der Waals surface area contributed by atoms with E-state index in [9.17, 15) is 18.0 Å². The maximum atomic E-state index is 12.4. The molecule has 0 bridgehead atoms. The number of aryl methyl sites for hydroxylation is 1. The maximum absolute atomic E-state index is 12.4. The number of carbonyl (C=O) groups is 1. The van der Waals surface area contributed by atoms with Gasteiger partial charge in [-0.25, -0.2) is 4.98 Å². The highest BCUT2D eigenvalue weighted by Crippen LogP contribution is 2.30. The Kier molecular flexibility index (Phi) is 10.5. The maximum Gasteiger partial charge on any atom is 0.433 e. The fourth-order valence-electron chi connectivity index (χ4n) is 1.08. The molecular formula is C13H22F3N3O. The highest BCUT2D eigenvalue weighted by Gasteiger charge is 2.34. The van der Waals surface area contributed by atoms with E-state index < -0.39 is 17.8 Å². The predicted octanol–water partition coefficient (Wildman–Crippen LogP) is 3.36. The van der Waals surface area contributed by atoms with Crippen molar-refractivity contribution < 1.29 is 18.0 Å². The Morgan fingerprint density at radius 1 is 1.25 bits per heavy atom. The van der Waals surface area contributed by atoms with Crippen molar-refractivity contribution in [2.45, 2.75) is 40.8 Å². The van der Waals surface area contributed by atoms with Gasteiger partial charge in [-0.2, -0.15) is 13.2 Å². The van der Waals surface area contributed by atoms with Gasteiger partial charge in [0.2, 0.25) is 5.91 Å². The molecule has 0 radical (unpaired) electrons. The largest absolute Gasteiger partial charge is 0.433 e. The number of hydrogen-bond donors (Lipinski definition) is 2. The van der Waals surface area contributed by atoms with Gasteiger partial charge in [-0.15, -0.1) is 0 Å². The summed E-state index contributed by atoms with van der Waals surface area (Å²) < 4.78 is 37.3. The van der Waals surface area contributed by atoms with Crippen LogP contribution in [-0.2, 0) is 11.0 Å². The summed E-state index contributed by atoms with van der Waals surface area (Å²) in [5.41, 5.74) is 4.00. The minimum atomic E-state index is -4.53. The number of aromatic nitrogens is 1. The van der Waals surface area contributed by atoms with Crippen LogP contribution in [0.4, 0.5) is 19.0 Å². The van der Waals surface area contributed by atoms with Crippen LogP contribution in [0.15, 0.2) is 12.1 Å². The molecule has 1 heterocycles. The predicted molar refractivity (Wildman–Crippen MR) is 74.4 cm³/mol. The molecule has 0 spiro atoms. The number of halogens is 3. The summed E-state index contributed by atoms with van der Waals surface area (Å²) in [6.45, 7) is 8.99. The van der Waals surface area contributed by atoms with Gasteiger partial charge in [-0.1, -0.05) is 33.8 Å². The molecular weight excluding hydrogens is 271 g/mol. The molecule has 0 aliphatic carbocycles. The Labute approximate surface area is 117 Å². The van der Waals surface area contributed by atoms with Crippen LogP contribution < -0.4 is 11.1 Å². The van der Waals surface area contributed by atoms with Crippen LogP contribution in [0.2, 0.25) is 0 Å². The van der Waals surface area contributed by atoms with Crippen molar-refractivity contribution in [3.63, 3.8) is 0 Å². The molecule has 0 aliphatic rings. The molecule has 7 heteroatoms. The highest BCUT2D eigenvalue weighted by atomic mass is 19.4. The number of nitrogens with two attached hydrogens (primary N) is 1. The Balaban J connectivity index is 0. The molecule has 116 valence electrons. The van der Waals surface area contributed by atoms with E-state index in [-0.39, 0.29) is 17.9 Å². The number of nitrogens with one attached hydrogen (secondary N) is 1. The zero-order valence-corrected chi connectivity index (χ0v) is 12.4. The molecule has 0 unspecified atom stereocenters. The molecule has 0 aromatic carbocycles. The van der Waals surface area contributed by atoms with Gasteiger partial charge in [-0.3, -0.25) is 4.79 Å². The molecule has 4 nitrogen and oxygen atoms in total. The van der Waals surface area contributed by atoms with Gasteiger partial charge in [0.25, 0.3) is 0 Å². The lowest BCUT2D eigenvalue weighted by Crippen LogP contribution is -2.23. The number of amides is 1. The van der Waals surface area contributed by atoms with Crippen LogP contribution in [0, 0.1) is 6.92 Å². The molecule has 0 atom stereocenters. The van der Waals surface area contributed by atoms with Crippen LogP contribution >= 0.6 is 0 Å². The quantitative estimate of drug-likeness (QED) is 0.878. The smallest absolute Gasteiger partial charge is 0.322 e. The summed E-state index contributed by atoms with van der Waals surface area (Å²) in [6.07, 6.45) is -4.53. The number of nitrogens with zero attached hydrogens (tertiary/aromatic N) is 1. The Hall–Kier alpha value is -1.63. The molecule has 1 aromatic heterocycles. The molecule has 3 N–H and O–H groups in total. The van der Waals surface area contributed by atoms with Crippen LogP contribution in [0.3, 0.4) is 0 Å². The Bertz CT molecular complexity index is 406. The number of pyridine rings is 1. The normalized spacial score (nSPS) is 9.65. The van der Waals surface area contributed by atoms with Crippen molar-refractivity contribution in [3.8, 4) is 0 Å². The standard InChI is InChI=1S/C9H10F3N3O.2C2H6/c1-5-2-3-6(14-7(16)4-13)15-8(5)9(10,11)12;2*1-2/h2-3H,4,13H2,1H3,(H,14,15,16);2*1-2H3. The van der Waals surface area contributed by atoms with E-state index in [1.165, 1.54) is 19.1 Å². The summed E-state index contributed by atoms with van der Waals surface area (Å²) >= 11 is 0. The molecule has 0 saturated carbocycles. The lowest BCUT2D eigenvalue weighted by Gasteiger charge is -2.11. The van der Waals surface area contributed by atoms with Crippen molar-refractivity contribution in [1.29, 1.82) is 0 Å². The first kappa shape index (κ1) is 20.7. The average Bonchev–Trinajstić information content (AvgIpc) is 2.44. The first-order valence-corrected chi connectivity index (χ1v) is 6.39. The van der Waals surface area contributed by atoms with Crippen LogP contribution in [-0.4, -0.2) is 17.4 Å². The molecule has 0 aliphatic heterocycles. The number of anilines is 1. The van der Waals surface area contributed by atoms with Gasteiger partial charge in [0.1, 0.15) is 11.5 Å². The lowest BCUT2D eigenvalue weighted by atomic mass is 10.2. The fourth-order valence-corrected chi connectivity index (χ4v) is 1.08. The van der Waals surface area contributed by atoms with Gasteiger partial charge < -0.3 is 11.1 Å². The van der Waals surface area contributed by atoms with E-state index in [1.54, 1.807) is 0 Å². The third kappa shape index (κ3) is 7.08. The van der Waals surface area contributed by atoms with Crippen molar-refractivity contribution in [2.75, 3.05) is 11.9 Å². The summed E-state index contributed by atoms with van der Waals surface area (Å²) in [4.78, 5) is 14.2. The van der Waals surface area contributed by atoms with E-state index in [0.29, 0.717) is 0 Å². The zero-order valence-electron chi connectivity index (χ0n) is 12.4. The van der Waals surface area contributed by atoms with Crippen LogP contribution in [0.1, 0.15) is 39.0 Å². The monoisotopic (exact) mass is 293 g/mol. The average molecular weight is 293 g/mol. The molecule has 1 rings (SSSR count). The molecule has 0 fully saturated rings. The highest BCUT2D eigenvalue weighted by molar-refractivity contribution is 5.91. The topological polar surface area (TPSA) is 68.0 Å². The van der Waals surface area contributed by atoms with E-state index in [2.05, 4.69) is 10.3 Å². The van der Waals surface area contributed by atoms with E-state index in [1.807, 2.05) is 27.7 Å². The van der Waals surface area contributed by atoms with Gasteiger partial charge in [0.05, 0.1) is 6.54 Å². The number of carbonyl (C=O) groups excluding carboxylic acids is 1. The number of hydrogen-bond acceptors (Lipinski definition) is 3. The second kappa shape index (κ2) is 10.2. The SMILES string of the molecule is CC.CC.Cc1ccc(NC(=O)CN)nc1C(F)(F)F. The summed E-state index contributed by atoms with van der Waals surface area (Å²) in [6, 6.07) is 2.53. The fraction of sp³-hybridized carbons (Fsp3) is 0.538. The summed E-state index contributed by atoms with van der Waals surface area (Å²) in [5.74, 6) is -0.752. The van der Waals surface area contributed by atoms with Gasteiger partial charge in [-0.05, 0) is 18.6 Å². The molecule has 20 heavy (non-hydrogen) atoms. The van der Waals surface area contributed by atoms with Gasteiger partial charge in [0, 0.05) is 0 Å². The minimum Gasteiger partial charge on any atom is -0.322 e. The van der Waals surface area contributed by atoms with E-state index in [0.717, 1.165) is 0 Å². The first-order chi connectivity index (χ1) is 9.34. The van der Waals surface area contributed by atoms with Crippen molar-refractivity contribution >= 4 is 11.7 Å². The summed E-state index contributed by atoms with van der Waals surface area (Å²) in [5, 5.41) is 2.16. The lowest BCUT2D eigenvalue weighted by molar-refractivity contribution is -0.141.